The summed E-state index contributed by atoms with van der Waals surface area (Å²) in [5.41, 5.74) is 7.42. The van der Waals surface area contributed by atoms with Crippen LogP contribution in [0.2, 0.25) is 0 Å². The molecule has 2 N–H and O–H groups in total. The molecular weight excluding hydrogens is 406 g/mol. The van der Waals surface area contributed by atoms with Gasteiger partial charge in [0, 0.05) is 29.5 Å². The standard InChI is InChI=1S/C22H22F2N4O3/c1-11-8-26-22(30-3)12(2)19(11)14-6-18(24)15(7-17(14)23)20-16(21(25)29)9-27-28(20)13-4-5-31-10-13/h6-9,13H,4-5,10H2,1-3H3,(H2,25,29)/t13-/m0/s1. The molecule has 0 aliphatic carbocycles. The predicted molar refractivity (Wildman–Crippen MR) is 110 cm³/mol. The first-order chi connectivity index (χ1) is 14.8. The molecule has 4 rings (SSSR count). The molecule has 1 aromatic carbocycles. The van der Waals surface area contributed by atoms with E-state index in [0.29, 0.717) is 42.2 Å². The van der Waals surface area contributed by atoms with E-state index >= 15 is 8.78 Å². The average Bonchev–Trinajstić information content (AvgIpc) is 3.40. The number of halogens is 2. The molecule has 1 fully saturated rings. The number of ether oxygens (including phenoxy) is 2. The number of amides is 1. The Balaban J connectivity index is 1.91. The van der Waals surface area contributed by atoms with Crippen LogP contribution in [0.25, 0.3) is 22.4 Å². The number of nitrogens with two attached hydrogens (primary N) is 1. The molecule has 0 spiro atoms. The van der Waals surface area contributed by atoms with Crippen LogP contribution in [0.1, 0.15) is 33.9 Å². The highest BCUT2D eigenvalue weighted by Crippen LogP contribution is 2.38. The summed E-state index contributed by atoms with van der Waals surface area (Å²) in [6, 6.07) is 2.00. The molecule has 162 valence electrons. The number of methoxy groups -OCH3 is 1. The van der Waals surface area contributed by atoms with E-state index in [1.54, 1.807) is 20.0 Å². The van der Waals surface area contributed by atoms with Crippen molar-refractivity contribution >= 4 is 5.91 Å². The Bertz CT molecular complexity index is 1170. The number of aromatic nitrogens is 3. The van der Waals surface area contributed by atoms with Crippen LogP contribution in [0.4, 0.5) is 8.78 Å². The van der Waals surface area contributed by atoms with Gasteiger partial charge in [-0.1, -0.05) is 0 Å². The maximum Gasteiger partial charge on any atom is 0.252 e. The Morgan fingerprint density at radius 2 is 1.94 bits per heavy atom. The Morgan fingerprint density at radius 1 is 1.23 bits per heavy atom. The fourth-order valence-electron chi connectivity index (χ4n) is 4.06. The summed E-state index contributed by atoms with van der Waals surface area (Å²) in [5, 5.41) is 4.22. The van der Waals surface area contributed by atoms with Gasteiger partial charge >= 0.3 is 0 Å². The number of carbonyl (C=O) groups excluding carboxylic acids is 1. The third kappa shape index (κ3) is 3.54. The molecular formula is C22H22F2N4O3. The van der Waals surface area contributed by atoms with E-state index in [1.165, 1.54) is 18.0 Å². The summed E-state index contributed by atoms with van der Waals surface area (Å²) in [4.78, 5) is 16.1. The largest absolute Gasteiger partial charge is 0.481 e. The van der Waals surface area contributed by atoms with Gasteiger partial charge in [0.15, 0.2) is 0 Å². The normalized spacial score (nSPS) is 16.0. The zero-order valence-electron chi connectivity index (χ0n) is 17.4. The molecule has 1 amide bonds. The first-order valence-electron chi connectivity index (χ1n) is 9.78. The van der Waals surface area contributed by atoms with Gasteiger partial charge in [-0.25, -0.2) is 13.8 Å². The van der Waals surface area contributed by atoms with Crippen molar-refractivity contribution < 1.29 is 23.0 Å². The topological polar surface area (TPSA) is 92.3 Å². The van der Waals surface area contributed by atoms with E-state index in [4.69, 9.17) is 15.2 Å². The molecule has 7 nitrogen and oxygen atoms in total. The Hall–Kier alpha value is -3.33. The Morgan fingerprint density at radius 3 is 2.58 bits per heavy atom. The van der Waals surface area contributed by atoms with Crippen molar-refractivity contribution in [1.29, 1.82) is 0 Å². The van der Waals surface area contributed by atoms with E-state index < -0.39 is 17.5 Å². The van der Waals surface area contributed by atoms with E-state index in [-0.39, 0.29) is 28.4 Å². The molecule has 2 aromatic heterocycles. The molecule has 9 heteroatoms. The van der Waals surface area contributed by atoms with E-state index in [9.17, 15) is 4.79 Å². The number of hydrogen-bond acceptors (Lipinski definition) is 5. The number of rotatable bonds is 5. The van der Waals surface area contributed by atoms with E-state index in [2.05, 4.69) is 10.1 Å². The van der Waals surface area contributed by atoms with Crippen LogP contribution in [-0.4, -0.2) is 41.0 Å². The van der Waals surface area contributed by atoms with Crippen LogP contribution in [-0.2, 0) is 4.74 Å². The van der Waals surface area contributed by atoms with Crippen molar-refractivity contribution in [3.05, 3.63) is 52.9 Å². The van der Waals surface area contributed by atoms with Crippen LogP contribution in [0.5, 0.6) is 5.88 Å². The van der Waals surface area contributed by atoms with Gasteiger partial charge in [0.1, 0.15) is 11.6 Å². The van der Waals surface area contributed by atoms with Gasteiger partial charge < -0.3 is 15.2 Å². The highest BCUT2D eigenvalue weighted by molar-refractivity contribution is 5.99. The third-order valence-electron chi connectivity index (χ3n) is 5.55. The lowest BCUT2D eigenvalue weighted by atomic mass is 9.94. The smallest absolute Gasteiger partial charge is 0.252 e. The molecule has 31 heavy (non-hydrogen) atoms. The van der Waals surface area contributed by atoms with Crippen molar-refractivity contribution in [2.24, 2.45) is 5.73 Å². The van der Waals surface area contributed by atoms with Crippen molar-refractivity contribution in [3.8, 4) is 28.3 Å². The first kappa shape index (κ1) is 20.9. The molecule has 1 saturated heterocycles. The molecule has 0 radical (unpaired) electrons. The number of benzene rings is 1. The highest BCUT2D eigenvalue weighted by atomic mass is 19.1. The summed E-state index contributed by atoms with van der Waals surface area (Å²) in [5.74, 6) is -1.79. The van der Waals surface area contributed by atoms with Crippen molar-refractivity contribution in [2.45, 2.75) is 26.3 Å². The molecule has 3 aromatic rings. The summed E-state index contributed by atoms with van der Waals surface area (Å²) in [7, 11) is 1.47. The van der Waals surface area contributed by atoms with Crippen LogP contribution < -0.4 is 10.5 Å². The highest BCUT2D eigenvalue weighted by Gasteiger charge is 2.28. The molecule has 1 atom stereocenters. The van der Waals surface area contributed by atoms with Gasteiger partial charge in [0.2, 0.25) is 5.88 Å². The number of pyridine rings is 1. The van der Waals surface area contributed by atoms with Crippen LogP contribution in [0.15, 0.2) is 24.5 Å². The quantitative estimate of drug-likeness (QED) is 0.671. The zero-order valence-corrected chi connectivity index (χ0v) is 17.4. The van der Waals surface area contributed by atoms with Crippen LogP contribution in [0.3, 0.4) is 0 Å². The molecule has 1 aliphatic heterocycles. The maximum absolute atomic E-state index is 15.4. The summed E-state index contributed by atoms with van der Waals surface area (Å²) < 4.78 is 42.9. The number of aryl methyl sites for hydroxylation is 1. The lowest BCUT2D eigenvalue weighted by molar-refractivity contribution is 0.100. The molecule has 0 saturated carbocycles. The van der Waals surface area contributed by atoms with Gasteiger partial charge in [-0.15, -0.1) is 0 Å². The monoisotopic (exact) mass is 428 g/mol. The molecule has 1 aliphatic rings. The summed E-state index contributed by atoms with van der Waals surface area (Å²) >= 11 is 0. The average molecular weight is 428 g/mol. The molecule has 0 bridgehead atoms. The minimum atomic E-state index is -0.769. The van der Waals surface area contributed by atoms with Crippen molar-refractivity contribution in [1.82, 2.24) is 14.8 Å². The predicted octanol–water partition coefficient (Wildman–Crippen LogP) is 3.58. The fraction of sp³-hybridized carbons (Fsp3) is 0.318. The van der Waals surface area contributed by atoms with Gasteiger partial charge in [-0.05, 0) is 43.5 Å². The van der Waals surface area contributed by atoms with Crippen LogP contribution in [0, 0.1) is 25.5 Å². The van der Waals surface area contributed by atoms with Gasteiger partial charge in [0.05, 0.1) is 37.2 Å². The van der Waals surface area contributed by atoms with Gasteiger partial charge in [-0.2, -0.15) is 5.10 Å². The third-order valence-corrected chi connectivity index (χ3v) is 5.55. The number of primary amides is 1. The zero-order chi connectivity index (χ0) is 22.3. The summed E-state index contributed by atoms with van der Waals surface area (Å²) in [6.45, 7) is 4.39. The SMILES string of the molecule is COc1ncc(C)c(-c2cc(F)c(-c3c(C(N)=O)cnn3[C@H]3CCOC3)cc2F)c1C. The second-order valence-corrected chi connectivity index (χ2v) is 7.50. The fourth-order valence-corrected chi connectivity index (χ4v) is 4.06. The maximum atomic E-state index is 15.4. The minimum absolute atomic E-state index is 0.0240. The summed E-state index contributed by atoms with van der Waals surface area (Å²) in [6.07, 6.45) is 3.47. The van der Waals surface area contributed by atoms with E-state index in [1.807, 2.05) is 0 Å². The second-order valence-electron chi connectivity index (χ2n) is 7.50. The lowest BCUT2D eigenvalue weighted by Crippen LogP contribution is -2.16. The number of nitrogens with zero attached hydrogens (tertiary/aromatic N) is 3. The van der Waals surface area contributed by atoms with E-state index in [0.717, 1.165) is 12.1 Å². The second kappa shape index (κ2) is 8.07. The molecule has 3 heterocycles. The lowest BCUT2D eigenvalue weighted by Gasteiger charge is -2.17. The van der Waals surface area contributed by atoms with Crippen molar-refractivity contribution in [2.75, 3.05) is 20.3 Å². The van der Waals surface area contributed by atoms with Crippen molar-refractivity contribution in [3.63, 3.8) is 0 Å². The molecule has 0 unspecified atom stereocenters. The number of hydrogen-bond donors (Lipinski definition) is 1. The van der Waals surface area contributed by atoms with Crippen LogP contribution >= 0.6 is 0 Å². The van der Waals surface area contributed by atoms with Gasteiger partial charge in [-0.3, -0.25) is 9.48 Å². The minimum Gasteiger partial charge on any atom is -0.481 e. The van der Waals surface area contributed by atoms with Gasteiger partial charge in [0.25, 0.3) is 5.91 Å². The Labute approximate surface area is 177 Å². The Kier molecular flexibility index (Phi) is 5.45. The first-order valence-corrected chi connectivity index (χ1v) is 9.78. The number of carbonyl (C=O) groups is 1.